The molecule has 0 amide bonds. The van der Waals surface area contributed by atoms with Gasteiger partial charge in [-0.1, -0.05) is 13.8 Å². The lowest BCUT2D eigenvalue weighted by atomic mass is 9.93. The molecule has 13 heavy (non-hydrogen) atoms. The third-order valence-electron chi connectivity index (χ3n) is 2.10. The van der Waals surface area contributed by atoms with Crippen LogP contribution in [0.2, 0.25) is 0 Å². The number of carbonyl (C=O) groups excluding carboxylic acids is 2. The minimum absolute atomic E-state index is 0.00615. The van der Waals surface area contributed by atoms with Crippen molar-refractivity contribution < 1.29 is 19.4 Å². The molecule has 76 valence electrons. The second kappa shape index (κ2) is 5.70. The van der Waals surface area contributed by atoms with Crippen LogP contribution in [0.1, 0.15) is 20.8 Å². The van der Waals surface area contributed by atoms with E-state index in [-0.39, 0.29) is 24.9 Å². The first-order chi connectivity index (χ1) is 6.00. The second-order valence-electron chi connectivity index (χ2n) is 3.08. The van der Waals surface area contributed by atoms with E-state index in [2.05, 4.69) is 4.74 Å². The molecule has 0 bridgehead atoms. The lowest BCUT2D eigenvalue weighted by Gasteiger charge is -2.15. The number of hydrogen-bond acceptors (Lipinski definition) is 4. The molecule has 4 nitrogen and oxygen atoms in total. The Balaban J connectivity index is 4.01. The van der Waals surface area contributed by atoms with Gasteiger partial charge in [-0.2, -0.15) is 0 Å². The average molecular weight is 188 g/mol. The van der Waals surface area contributed by atoms with Crippen LogP contribution in [-0.4, -0.2) is 30.1 Å². The van der Waals surface area contributed by atoms with Crippen LogP contribution in [-0.2, 0) is 14.3 Å². The molecule has 0 saturated carbocycles. The maximum absolute atomic E-state index is 11.2. The van der Waals surface area contributed by atoms with Crippen LogP contribution in [0.5, 0.6) is 0 Å². The summed E-state index contributed by atoms with van der Waals surface area (Å²) in [5.41, 5.74) is 0. The van der Waals surface area contributed by atoms with Gasteiger partial charge in [0.1, 0.15) is 12.4 Å². The van der Waals surface area contributed by atoms with Crippen molar-refractivity contribution in [3.8, 4) is 0 Å². The van der Waals surface area contributed by atoms with Crippen LogP contribution in [0, 0.1) is 11.8 Å². The maximum Gasteiger partial charge on any atom is 0.309 e. The van der Waals surface area contributed by atoms with Gasteiger partial charge in [-0.15, -0.1) is 0 Å². The molecule has 4 heteroatoms. The first kappa shape index (κ1) is 12.1. The summed E-state index contributed by atoms with van der Waals surface area (Å²) in [5, 5.41) is 8.40. The molecule has 0 saturated heterocycles. The number of carbonyl (C=O) groups is 2. The SMILES string of the molecule is CC(=O)C(C)C(C)C(=O)OCCO. The number of Topliss-reactive ketones (excluding diaryl/α,β-unsaturated/α-hetero) is 1. The van der Waals surface area contributed by atoms with Crippen molar-refractivity contribution in [1.82, 2.24) is 0 Å². The number of aliphatic hydroxyl groups is 1. The summed E-state index contributed by atoms with van der Waals surface area (Å²) in [4.78, 5) is 22.1. The van der Waals surface area contributed by atoms with Gasteiger partial charge in [0.25, 0.3) is 0 Å². The molecule has 0 aliphatic carbocycles. The van der Waals surface area contributed by atoms with E-state index in [9.17, 15) is 9.59 Å². The van der Waals surface area contributed by atoms with Gasteiger partial charge >= 0.3 is 5.97 Å². The molecule has 1 N–H and O–H groups in total. The van der Waals surface area contributed by atoms with Crippen LogP contribution in [0.15, 0.2) is 0 Å². The smallest absolute Gasteiger partial charge is 0.309 e. The van der Waals surface area contributed by atoms with Gasteiger partial charge < -0.3 is 9.84 Å². The fraction of sp³-hybridized carbons (Fsp3) is 0.778. The minimum Gasteiger partial charge on any atom is -0.463 e. The molecule has 0 spiro atoms. The zero-order chi connectivity index (χ0) is 10.4. The highest BCUT2D eigenvalue weighted by Crippen LogP contribution is 2.13. The van der Waals surface area contributed by atoms with E-state index in [4.69, 9.17) is 5.11 Å². The first-order valence-electron chi connectivity index (χ1n) is 4.28. The average Bonchev–Trinajstić information content (AvgIpc) is 2.11. The molecule has 0 aromatic rings. The molecule has 0 radical (unpaired) electrons. The Morgan fingerprint density at radius 3 is 2.23 bits per heavy atom. The molecule has 0 aliphatic heterocycles. The van der Waals surface area contributed by atoms with Crippen molar-refractivity contribution in [3.05, 3.63) is 0 Å². The summed E-state index contributed by atoms with van der Waals surface area (Å²) in [6.07, 6.45) is 0. The number of aliphatic hydroxyl groups excluding tert-OH is 1. The van der Waals surface area contributed by atoms with Gasteiger partial charge in [0.2, 0.25) is 0 Å². The van der Waals surface area contributed by atoms with Crippen molar-refractivity contribution in [3.63, 3.8) is 0 Å². The quantitative estimate of drug-likeness (QED) is 0.634. The van der Waals surface area contributed by atoms with Crippen molar-refractivity contribution in [2.45, 2.75) is 20.8 Å². The second-order valence-corrected chi connectivity index (χ2v) is 3.08. The Bertz CT molecular complexity index is 188. The molecule has 0 aromatic heterocycles. The van der Waals surface area contributed by atoms with E-state index in [0.717, 1.165) is 0 Å². The summed E-state index contributed by atoms with van der Waals surface area (Å²) in [5.74, 6) is -1.24. The summed E-state index contributed by atoms with van der Waals surface area (Å²) < 4.78 is 4.68. The molecular formula is C9H16O4. The van der Waals surface area contributed by atoms with E-state index in [0.29, 0.717) is 0 Å². The summed E-state index contributed by atoms with van der Waals surface area (Å²) in [7, 11) is 0. The Morgan fingerprint density at radius 1 is 1.31 bits per heavy atom. The molecular weight excluding hydrogens is 172 g/mol. The largest absolute Gasteiger partial charge is 0.463 e. The van der Waals surface area contributed by atoms with Crippen molar-refractivity contribution in [2.24, 2.45) is 11.8 Å². The van der Waals surface area contributed by atoms with Gasteiger partial charge in [-0.3, -0.25) is 9.59 Å². The predicted molar refractivity (Wildman–Crippen MR) is 47.1 cm³/mol. The van der Waals surface area contributed by atoms with Crippen molar-refractivity contribution in [1.29, 1.82) is 0 Å². The van der Waals surface area contributed by atoms with Crippen LogP contribution >= 0.6 is 0 Å². The molecule has 0 rings (SSSR count). The third-order valence-corrected chi connectivity index (χ3v) is 2.10. The Hall–Kier alpha value is -0.900. The number of esters is 1. The standard InChI is InChI=1S/C9H16O4/c1-6(8(3)11)7(2)9(12)13-5-4-10/h6-7,10H,4-5H2,1-3H3. The van der Waals surface area contributed by atoms with E-state index in [1.54, 1.807) is 13.8 Å². The lowest BCUT2D eigenvalue weighted by Crippen LogP contribution is -2.26. The molecule has 0 heterocycles. The number of hydrogen-bond donors (Lipinski definition) is 1. The molecule has 0 aliphatic rings. The van der Waals surface area contributed by atoms with Gasteiger partial charge in [0.05, 0.1) is 12.5 Å². The predicted octanol–water partition coefficient (Wildman–Crippen LogP) is 0.383. The van der Waals surface area contributed by atoms with Crippen LogP contribution in [0.3, 0.4) is 0 Å². The van der Waals surface area contributed by atoms with E-state index in [1.165, 1.54) is 6.92 Å². The highest BCUT2D eigenvalue weighted by atomic mass is 16.5. The highest BCUT2D eigenvalue weighted by Gasteiger charge is 2.24. The van der Waals surface area contributed by atoms with Gasteiger partial charge in [0, 0.05) is 5.92 Å². The minimum atomic E-state index is -0.441. The first-order valence-corrected chi connectivity index (χ1v) is 4.28. The van der Waals surface area contributed by atoms with Crippen LogP contribution in [0.4, 0.5) is 0 Å². The number of rotatable bonds is 5. The summed E-state index contributed by atoms with van der Waals surface area (Å²) in [6, 6.07) is 0. The molecule has 2 unspecified atom stereocenters. The van der Waals surface area contributed by atoms with Gasteiger partial charge in [-0.25, -0.2) is 0 Å². The maximum atomic E-state index is 11.2. The summed E-state index contributed by atoms with van der Waals surface area (Å²) >= 11 is 0. The van der Waals surface area contributed by atoms with Crippen molar-refractivity contribution in [2.75, 3.05) is 13.2 Å². The number of ether oxygens (including phenoxy) is 1. The normalized spacial score (nSPS) is 14.8. The van der Waals surface area contributed by atoms with Crippen LogP contribution < -0.4 is 0 Å². The van der Waals surface area contributed by atoms with E-state index in [1.807, 2.05) is 0 Å². The fourth-order valence-electron chi connectivity index (χ4n) is 0.834. The monoisotopic (exact) mass is 188 g/mol. The topological polar surface area (TPSA) is 63.6 Å². The van der Waals surface area contributed by atoms with Crippen LogP contribution in [0.25, 0.3) is 0 Å². The Kier molecular flexibility index (Phi) is 5.30. The van der Waals surface area contributed by atoms with Crippen molar-refractivity contribution >= 4 is 11.8 Å². The Labute approximate surface area is 77.9 Å². The third kappa shape index (κ3) is 4.03. The van der Waals surface area contributed by atoms with E-state index < -0.39 is 11.9 Å². The Morgan fingerprint density at radius 2 is 1.85 bits per heavy atom. The zero-order valence-corrected chi connectivity index (χ0v) is 8.24. The number of ketones is 1. The fourth-order valence-corrected chi connectivity index (χ4v) is 0.834. The van der Waals surface area contributed by atoms with Gasteiger partial charge in [0.15, 0.2) is 0 Å². The lowest BCUT2D eigenvalue weighted by molar-refractivity contribution is -0.152. The molecule has 2 atom stereocenters. The van der Waals surface area contributed by atoms with Gasteiger partial charge in [-0.05, 0) is 6.92 Å². The molecule has 0 aromatic carbocycles. The summed E-state index contributed by atoms with van der Waals surface area (Å²) in [6.45, 7) is 4.58. The zero-order valence-electron chi connectivity index (χ0n) is 8.24. The van der Waals surface area contributed by atoms with E-state index >= 15 is 0 Å². The highest BCUT2D eigenvalue weighted by molar-refractivity contribution is 5.84. The molecule has 0 fully saturated rings.